The van der Waals surface area contributed by atoms with E-state index in [1.165, 1.54) is 11.1 Å². The van der Waals surface area contributed by atoms with E-state index in [0.717, 1.165) is 12.5 Å². The SMILES string of the molecule is Cc1ccc(CC[Si])cc1. The summed E-state index contributed by atoms with van der Waals surface area (Å²) >= 11 is 0. The molecule has 0 aromatic heterocycles. The summed E-state index contributed by atoms with van der Waals surface area (Å²) in [4.78, 5) is 0. The van der Waals surface area contributed by atoms with Crippen molar-refractivity contribution >= 4 is 10.2 Å². The van der Waals surface area contributed by atoms with Gasteiger partial charge in [0, 0.05) is 10.2 Å². The second-order valence-electron chi connectivity index (χ2n) is 2.49. The predicted molar refractivity (Wildman–Crippen MR) is 45.4 cm³/mol. The van der Waals surface area contributed by atoms with Gasteiger partial charge in [-0.3, -0.25) is 0 Å². The van der Waals surface area contributed by atoms with Crippen molar-refractivity contribution in [3.63, 3.8) is 0 Å². The van der Waals surface area contributed by atoms with Crippen LogP contribution >= 0.6 is 0 Å². The molecule has 0 heterocycles. The van der Waals surface area contributed by atoms with Gasteiger partial charge in [-0.1, -0.05) is 35.9 Å². The molecule has 0 unspecified atom stereocenters. The quantitative estimate of drug-likeness (QED) is 0.562. The zero-order valence-electron chi connectivity index (χ0n) is 6.22. The predicted octanol–water partition coefficient (Wildman–Crippen LogP) is 2.12. The van der Waals surface area contributed by atoms with Crippen molar-refractivity contribution in [1.82, 2.24) is 0 Å². The lowest BCUT2D eigenvalue weighted by molar-refractivity contribution is 1.13. The van der Waals surface area contributed by atoms with E-state index in [0.29, 0.717) is 0 Å². The molecule has 1 aromatic rings. The summed E-state index contributed by atoms with van der Waals surface area (Å²) in [7, 11) is 3.45. The van der Waals surface area contributed by atoms with Gasteiger partial charge in [0.2, 0.25) is 0 Å². The van der Waals surface area contributed by atoms with Crippen molar-refractivity contribution in [3.05, 3.63) is 35.4 Å². The van der Waals surface area contributed by atoms with Gasteiger partial charge in [-0.15, -0.1) is 0 Å². The summed E-state index contributed by atoms with van der Waals surface area (Å²) in [5, 5.41) is 0. The van der Waals surface area contributed by atoms with E-state index < -0.39 is 0 Å². The normalized spacial score (nSPS) is 9.80. The Kier molecular flexibility index (Phi) is 2.69. The minimum Gasteiger partial charge on any atom is -0.0597 e. The van der Waals surface area contributed by atoms with Crippen LogP contribution in [0.25, 0.3) is 0 Å². The molecule has 0 atom stereocenters. The van der Waals surface area contributed by atoms with Crippen LogP contribution in [-0.2, 0) is 6.42 Å². The maximum Gasteiger partial charge on any atom is 0.0225 e. The van der Waals surface area contributed by atoms with Gasteiger partial charge < -0.3 is 0 Å². The molecule has 1 aromatic carbocycles. The number of hydrogen-bond donors (Lipinski definition) is 0. The van der Waals surface area contributed by atoms with Crippen LogP contribution in [-0.4, -0.2) is 10.2 Å². The van der Waals surface area contributed by atoms with Crippen molar-refractivity contribution in [2.75, 3.05) is 0 Å². The van der Waals surface area contributed by atoms with Crippen molar-refractivity contribution < 1.29 is 0 Å². The molecular weight excluding hydrogens is 136 g/mol. The van der Waals surface area contributed by atoms with Gasteiger partial charge in [-0.25, -0.2) is 0 Å². The van der Waals surface area contributed by atoms with Crippen molar-refractivity contribution in [3.8, 4) is 0 Å². The number of benzene rings is 1. The molecule has 0 aliphatic heterocycles. The maximum atomic E-state index is 3.45. The van der Waals surface area contributed by atoms with Crippen LogP contribution in [0.2, 0.25) is 6.04 Å². The van der Waals surface area contributed by atoms with Crippen LogP contribution in [0.1, 0.15) is 11.1 Å². The topological polar surface area (TPSA) is 0 Å². The van der Waals surface area contributed by atoms with E-state index in [9.17, 15) is 0 Å². The van der Waals surface area contributed by atoms with E-state index in [4.69, 9.17) is 0 Å². The van der Waals surface area contributed by atoms with E-state index in [1.54, 1.807) is 0 Å². The minimum absolute atomic E-state index is 1.04. The summed E-state index contributed by atoms with van der Waals surface area (Å²) in [6, 6.07) is 9.70. The second-order valence-corrected chi connectivity index (χ2v) is 2.99. The van der Waals surface area contributed by atoms with Crippen LogP contribution in [0, 0.1) is 6.92 Å². The van der Waals surface area contributed by atoms with Gasteiger partial charge >= 0.3 is 0 Å². The monoisotopic (exact) mass is 147 g/mol. The average molecular weight is 147 g/mol. The fourth-order valence-corrected chi connectivity index (χ4v) is 1.19. The molecule has 0 spiro atoms. The molecule has 51 valence electrons. The fraction of sp³-hybridized carbons (Fsp3) is 0.333. The molecule has 0 nitrogen and oxygen atoms in total. The molecule has 0 aliphatic carbocycles. The van der Waals surface area contributed by atoms with Crippen LogP contribution in [0.4, 0.5) is 0 Å². The summed E-state index contributed by atoms with van der Waals surface area (Å²) in [5.74, 6) is 0. The summed E-state index contributed by atoms with van der Waals surface area (Å²) in [6.45, 7) is 2.11. The molecular formula is C9H11Si. The average Bonchev–Trinajstić information content (AvgIpc) is 1.95. The summed E-state index contributed by atoms with van der Waals surface area (Å²) in [5.41, 5.74) is 2.73. The lowest BCUT2D eigenvalue weighted by Crippen LogP contribution is -1.82. The van der Waals surface area contributed by atoms with E-state index >= 15 is 0 Å². The molecule has 1 rings (SSSR count). The first-order valence-corrected chi connectivity index (χ1v) is 4.24. The molecule has 0 fully saturated rings. The summed E-state index contributed by atoms with van der Waals surface area (Å²) in [6.07, 6.45) is 1.12. The third-order valence-corrected chi connectivity index (χ3v) is 1.78. The highest BCUT2D eigenvalue weighted by atomic mass is 28.1. The Balaban J connectivity index is 2.69. The number of rotatable bonds is 2. The number of aryl methyl sites for hydroxylation is 2. The minimum atomic E-state index is 1.04. The number of hydrogen-bond acceptors (Lipinski definition) is 0. The molecule has 3 radical (unpaired) electrons. The fourth-order valence-electron chi connectivity index (χ4n) is 0.899. The van der Waals surface area contributed by atoms with Crippen LogP contribution < -0.4 is 0 Å². The third kappa shape index (κ3) is 1.99. The van der Waals surface area contributed by atoms with Crippen LogP contribution in [0.5, 0.6) is 0 Å². The van der Waals surface area contributed by atoms with Crippen molar-refractivity contribution in [1.29, 1.82) is 0 Å². The standard InChI is InChI=1S/C9H11Si/c1-8-2-4-9(5-3-8)6-7-10/h2-5H,6-7H2,1H3. The Morgan fingerprint density at radius 3 is 2.30 bits per heavy atom. The molecule has 0 saturated carbocycles. The third-order valence-electron chi connectivity index (χ3n) is 1.53. The van der Waals surface area contributed by atoms with E-state index in [1.807, 2.05) is 0 Å². The van der Waals surface area contributed by atoms with Crippen LogP contribution in [0.15, 0.2) is 24.3 Å². The molecule has 0 bridgehead atoms. The first-order chi connectivity index (χ1) is 4.83. The zero-order chi connectivity index (χ0) is 7.40. The second kappa shape index (κ2) is 3.57. The smallest absolute Gasteiger partial charge is 0.0225 e. The molecule has 10 heavy (non-hydrogen) atoms. The Morgan fingerprint density at radius 1 is 1.20 bits per heavy atom. The van der Waals surface area contributed by atoms with Gasteiger partial charge in [0.05, 0.1) is 0 Å². The van der Waals surface area contributed by atoms with Gasteiger partial charge in [0.15, 0.2) is 0 Å². The molecule has 0 amide bonds. The molecule has 1 heteroatoms. The Bertz CT molecular complexity index is 188. The zero-order valence-corrected chi connectivity index (χ0v) is 7.22. The lowest BCUT2D eigenvalue weighted by Gasteiger charge is -1.97. The Labute approximate surface area is 65.7 Å². The Morgan fingerprint density at radius 2 is 1.80 bits per heavy atom. The lowest BCUT2D eigenvalue weighted by atomic mass is 10.1. The molecule has 0 saturated heterocycles. The van der Waals surface area contributed by atoms with Gasteiger partial charge in [-0.2, -0.15) is 0 Å². The van der Waals surface area contributed by atoms with Gasteiger partial charge in [0.25, 0.3) is 0 Å². The van der Waals surface area contributed by atoms with E-state index in [-0.39, 0.29) is 0 Å². The largest absolute Gasteiger partial charge is 0.0597 e. The molecule has 0 N–H and O–H groups in total. The Hall–Kier alpha value is -0.563. The van der Waals surface area contributed by atoms with Gasteiger partial charge in [-0.05, 0) is 18.9 Å². The first-order valence-electron chi connectivity index (χ1n) is 3.53. The van der Waals surface area contributed by atoms with Gasteiger partial charge in [0.1, 0.15) is 0 Å². The first kappa shape index (κ1) is 7.54. The van der Waals surface area contributed by atoms with E-state index in [2.05, 4.69) is 41.4 Å². The highest BCUT2D eigenvalue weighted by Gasteiger charge is 1.88. The van der Waals surface area contributed by atoms with Crippen LogP contribution in [0.3, 0.4) is 0 Å². The maximum absolute atomic E-state index is 3.45. The summed E-state index contributed by atoms with van der Waals surface area (Å²) < 4.78 is 0. The molecule has 0 aliphatic rings. The van der Waals surface area contributed by atoms with Crippen molar-refractivity contribution in [2.24, 2.45) is 0 Å². The highest BCUT2D eigenvalue weighted by molar-refractivity contribution is 6.08. The highest BCUT2D eigenvalue weighted by Crippen LogP contribution is 2.04. The van der Waals surface area contributed by atoms with Crippen molar-refractivity contribution in [2.45, 2.75) is 19.4 Å².